The molecule has 1 aliphatic rings. The fourth-order valence-electron chi connectivity index (χ4n) is 2.41. The predicted molar refractivity (Wildman–Crippen MR) is 88.8 cm³/mol. The summed E-state index contributed by atoms with van der Waals surface area (Å²) in [5.74, 6) is 0.973. The molecule has 0 bridgehead atoms. The fourth-order valence-corrected chi connectivity index (χ4v) is 4.48. The minimum atomic E-state index is -3.01. The van der Waals surface area contributed by atoms with E-state index < -0.39 is 14.6 Å². The van der Waals surface area contributed by atoms with Crippen LogP contribution in [-0.2, 0) is 16.3 Å². The van der Waals surface area contributed by atoms with E-state index in [1.807, 2.05) is 11.0 Å². The van der Waals surface area contributed by atoms with E-state index in [1.54, 1.807) is 32.2 Å². The Hall–Kier alpha value is -1.08. The molecule has 0 unspecified atom stereocenters. The van der Waals surface area contributed by atoms with Crippen LogP contribution in [0.15, 0.2) is 22.5 Å². The average molecular weight is 329 g/mol. The first-order valence-corrected chi connectivity index (χ1v) is 9.59. The van der Waals surface area contributed by atoms with E-state index in [-0.39, 0.29) is 5.75 Å². The maximum Gasteiger partial charge on any atom is 0.193 e. The minimum Gasteiger partial charge on any atom is -0.356 e. The van der Waals surface area contributed by atoms with Crippen molar-refractivity contribution in [3.05, 3.63) is 22.4 Å². The standard InChI is InChI=1S/C14H23N3O2S2/c1-14(2)11-17(8-10-21(14,18)19)13(15-3)16-7-6-12-5-4-9-20-12/h4-5,9H,6-8,10-11H2,1-3H3,(H,15,16). The first-order chi connectivity index (χ1) is 9.86. The lowest BCUT2D eigenvalue weighted by molar-refractivity contribution is 0.353. The topological polar surface area (TPSA) is 61.8 Å². The molecule has 0 radical (unpaired) electrons. The van der Waals surface area contributed by atoms with Crippen LogP contribution in [0.25, 0.3) is 0 Å². The summed E-state index contributed by atoms with van der Waals surface area (Å²) < 4.78 is 23.4. The van der Waals surface area contributed by atoms with Gasteiger partial charge in [-0.05, 0) is 31.7 Å². The van der Waals surface area contributed by atoms with Crippen LogP contribution < -0.4 is 5.32 Å². The van der Waals surface area contributed by atoms with Gasteiger partial charge in [-0.25, -0.2) is 8.42 Å². The Morgan fingerprint density at radius 3 is 2.86 bits per heavy atom. The number of guanidine groups is 1. The summed E-state index contributed by atoms with van der Waals surface area (Å²) in [7, 11) is -1.27. The van der Waals surface area contributed by atoms with Gasteiger partial charge in [-0.3, -0.25) is 4.99 Å². The van der Waals surface area contributed by atoms with E-state index in [0.29, 0.717) is 13.1 Å². The van der Waals surface area contributed by atoms with Crippen LogP contribution in [0.5, 0.6) is 0 Å². The second-order valence-corrected chi connectivity index (χ2v) is 9.58. The van der Waals surface area contributed by atoms with Crippen molar-refractivity contribution in [2.75, 3.05) is 32.4 Å². The van der Waals surface area contributed by atoms with Crippen molar-refractivity contribution in [2.24, 2.45) is 4.99 Å². The second-order valence-electron chi connectivity index (χ2n) is 5.80. The molecule has 0 spiro atoms. The summed E-state index contributed by atoms with van der Waals surface area (Å²) in [5, 5.41) is 5.40. The van der Waals surface area contributed by atoms with E-state index in [2.05, 4.69) is 21.8 Å². The van der Waals surface area contributed by atoms with Crippen molar-refractivity contribution in [2.45, 2.75) is 25.0 Å². The largest absolute Gasteiger partial charge is 0.356 e. The van der Waals surface area contributed by atoms with Gasteiger partial charge in [0.2, 0.25) is 0 Å². The van der Waals surface area contributed by atoms with E-state index in [0.717, 1.165) is 18.9 Å². The molecule has 1 N–H and O–H groups in total. The summed E-state index contributed by atoms with van der Waals surface area (Å²) in [6, 6.07) is 4.17. The van der Waals surface area contributed by atoms with Gasteiger partial charge < -0.3 is 10.2 Å². The smallest absolute Gasteiger partial charge is 0.193 e. The van der Waals surface area contributed by atoms with Crippen LogP contribution in [0.1, 0.15) is 18.7 Å². The molecular formula is C14H23N3O2S2. The molecule has 0 aliphatic carbocycles. The zero-order valence-corrected chi connectivity index (χ0v) is 14.4. The molecule has 2 rings (SSSR count). The SMILES string of the molecule is CN=C(NCCc1cccs1)N1CCS(=O)(=O)C(C)(C)C1. The lowest BCUT2D eigenvalue weighted by Crippen LogP contribution is -2.57. The van der Waals surface area contributed by atoms with Gasteiger partial charge in [-0.1, -0.05) is 6.07 Å². The maximum atomic E-state index is 12.0. The van der Waals surface area contributed by atoms with Gasteiger partial charge in [-0.2, -0.15) is 0 Å². The monoisotopic (exact) mass is 329 g/mol. The van der Waals surface area contributed by atoms with E-state index >= 15 is 0 Å². The second kappa shape index (κ2) is 6.36. The molecule has 5 nitrogen and oxygen atoms in total. The highest BCUT2D eigenvalue weighted by Gasteiger charge is 2.40. The van der Waals surface area contributed by atoms with Crippen LogP contribution in [0, 0.1) is 0 Å². The van der Waals surface area contributed by atoms with E-state index in [1.165, 1.54) is 4.88 Å². The van der Waals surface area contributed by atoms with Gasteiger partial charge in [0.1, 0.15) is 0 Å². The molecule has 0 amide bonds. The van der Waals surface area contributed by atoms with Crippen molar-refractivity contribution in [3.63, 3.8) is 0 Å². The Morgan fingerprint density at radius 2 is 2.29 bits per heavy atom. The van der Waals surface area contributed by atoms with Gasteiger partial charge in [-0.15, -0.1) is 11.3 Å². The van der Waals surface area contributed by atoms with Gasteiger partial charge in [0.05, 0.1) is 10.5 Å². The Kier molecular flexibility index (Phi) is 4.93. The quantitative estimate of drug-likeness (QED) is 0.672. The zero-order valence-electron chi connectivity index (χ0n) is 12.8. The van der Waals surface area contributed by atoms with Crippen molar-refractivity contribution in [3.8, 4) is 0 Å². The van der Waals surface area contributed by atoms with Crippen LogP contribution in [0.4, 0.5) is 0 Å². The van der Waals surface area contributed by atoms with Crippen molar-refractivity contribution in [1.29, 1.82) is 0 Å². The molecule has 1 aromatic rings. The van der Waals surface area contributed by atoms with Gasteiger partial charge in [0.25, 0.3) is 0 Å². The highest BCUT2D eigenvalue weighted by atomic mass is 32.2. The third kappa shape index (κ3) is 3.77. The van der Waals surface area contributed by atoms with Gasteiger partial charge in [0, 0.05) is 31.6 Å². The Balaban J connectivity index is 1.93. The molecule has 118 valence electrons. The fraction of sp³-hybridized carbons (Fsp3) is 0.643. The number of aliphatic imine (C=N–C) groups is 1. The molecule has 7 heteroatoms. The average Bonchev–Trinajstić information content (AvgIpc) is 2.91. The van der Waals surface area contributed by atoms with Gasteiger partial charge in [0.15, 0.2) is 15.8 Å². The number of rotatable bonds is 3. The molecular weight excluding hydrogens is 306 g/mol. The van der Waals surface area contributed by atoms with E-state index in [4.69, 9.17) is 0 Å². The number of nitrogens with one attached hydrogen (secondary N) is 1. The summed E-state index contributed by atoms with van der Waals surface area (Å²) in [5.41, 5.74) is 0. The van der Waals surface area contributed by atoms with Crippen LogP contribution >= 0.6 is 11.3 Å². The van der Waals surface area contributed by atoms with E-state index in [9.17, 15) is 8.42 Å². The maximum absolute atomic E-state index is 12.0. The number of sulfone groups is 1. The Labute approximate surface area is 131 Å². The third-order valence-electron chi connectivity index (χ3n) is 3.79. The predicted octanol–water partition coefficient (Wildman–Crippen LogP) is 1.38. The Bertz CT molecular complexity index is 592. The van der Waals surface area contributed by atoms with Gasteiger partial charge >= 0.3 is 0 Å². The summed E-state index contributed by atoms with van der Waals surface area (Å²) in [6.45, 7) is 5.36. The lowest BCUT2D eigenvalue weighted by Gasteiger charge is -2.39. The zero-order chi connectivity index (χ0) is 15.5. The first kappa shape index (κ1) is 16.3. The molecule has 2 heterocycles. The molecule has 1 saturated heterocycles. The van der Waals surface area contributed by atoms with Crippen LogP contribution in [0.2, 0.25) is 0 Å². The summed E-state index contributed by atoms with van der Waals surface area (Å²) in [4.78, 5) is 7.65. The number of thiophene rings is 1. The molecule has 0 saturated carbocycles. The molecule has 1 fully saturated rings. The van der Waals surface area contributed by atoms with Crippen LogP contribution in [0.3, 0.4) is 0 Å². The first-order valence-electron chi connectivity index (χ1n) is 7.06. The highest BCUT2D eigenvalue weighted by Crippen LogP contribution is 2.23. The normalized spacial score (nSPS) is 21.3. The molecule has 0 aromatic carbocycles. The Morgan fingerprint density at radius 1 is 1.52 bits per heavy atom. The third-order valence-corrected chi connectivity index (χ3v) is 7.26. The highest BCUT2D eigenvalue weighted by molar-refractivity contribution is 7.92. The minimum absolute atomic E-state index is 0.186. The molecule has 0 atom stereocenters. The number of hydrogen-bond donors (Lipinski definition) is 1. The molecule has 21 heavy (non-hydrogen) atoms. The van der Waals surface area contributed by atoms with Crippen molar-refractivity contribution in [1.82, 2.24) is 10.2 Å². The van der Waals surface area contributed by atoms with Crippen LogP contribution in [-0.4, -0.2) is 56.5 Å². The molecule has 1 aliphatic heterocycles. The lowest BCUT2D eigenvalue weighted by atomic mass is 10.2. The molecule has 1 aromatic heterocycles. The van der Waals surface area contributed by atoms with Crippen molar-refractivity contribution < 1.29 is 8.42 Å². The summed E-state index contributed by atoms with van der Waals surface area (Å²) >= 11 is 1.74. The van der Waals surface area contributed by atoms with Crippen molar-refractivity contribution >= 4 is 27.1 Å². The number of hydrogen-bond acceptors (Lipinski definition) is 4. The summed E-state index contributed by atoms with van der Waals surface area (Å²) in [6.07, 6.45) is 0.951. The number of nitrogens with zero attached hydrogens (tertiary/aromatic N) is 2.